The van der Waals surface area contributed by atoms with Crippen molar-refractivity contribution in [1.82, 2.24) is 19.5 Å². The van der Waals surface area contributed by atoms with Crippen molar-refractivity contribution in [3.63, 3.8) is 0 Å². The Morgan fingerprint density at radius 2 is 2.04 bits per heavy atom. The Bertz CT molecular complexity index is 987. The summed E-state index contributed by atoms with van der Waals surface area (Å²) in [5, 5.41) is 0. The number of imidazole rings is 1. The minimum Gasteiger partial charge on any atom is -0.310 e. The van der Waals surface area contributed by atoms with E-state index in [1.54, 1.807) is 30.8 Å². The second kappa shape index (κ2) is 6.49. The molecule has 25 heavy (non-hydrogen) atoms. The van der Waals surface area contributed by atoms with Gasteiger partial charge in [0.1, 0.15) is 11.2 Å². The van der Waals surface area contributed by atoms with E-state index in [1.807, 2.05) is 0 Å². The summed E-state index contributed by atoms with van der Waals surface area (Å²) in [6, 6.07) is 2.59. The van der Waals surface area contributed by atoms with Crippen molar-refractivity contribution in [1.29, 1.82) is 0 Å². The van der Waals surface area contributed by atoms with Crippen LogP contribution in [0.2, 0.25) is 0 Å². The van der Waals surface area contributed by atoms with Gasteiger partial charge in [0.05, 0.1) is 21.3 Å². The zero-order valence-electron chi connectivity index (χ0n) is 13.1. The van der Waals surface area contributed by atoms with Crippen LogP contribution in [0, 0.1) is 0 Å². The number of aryl methyl sites for hydroxylation is 1. The summed E-state index contributed by atoms with van der Waals surface area (Å²) in [7, 11) is 0.0519. The Morgan fingerprint density at radius 3 is 2.64 bits per heavy atom. The molecule has 0 radical (unpaired) electrons. The summed E-state index contributed by atoms with van der Waals surface area (Å²) in [6.45, 7) is 1.63. The maximum Gasteiger partial charge on any atom is 0.417 e. The van der Waals surface area contributed by atoms with Crippen LogP contribution >= 0.6 is 15.9 Å². The predicted octanol–water partition coefficient (Wildman–Crippen LogP) is 3.94. The molecule has 3 rings (SSSR count). The first-order valence-corrected chi connectivity index (χ1v) is 9.28. The summed E-state index contributed by atoms with van der Waals surface area (Å²) in [5.41, 5.74) is 0.306. The first-order chi connectivity index (χ1) is 11.7. The number of pyridine rings is 2. The van der Waals surface area contributed by atoms with Gasteiger partial charge in [0.25, 0.3) is 0 Å². The first-order valence-electron chi connectivity index (χ1n) is 7.17. The van der Waals surface area contributed by atoms with Crippen LogP contribution in [0.1, 0.15) is 12.5 Å². The van der Waals surface area contributed by atoms with Crippen LogP contribution in [0.25, 0.3) is 22.7 Å². The third-order valence-corrected chi connectivity index (χ3v) is 5.57. The van der Waals surface area contributed by atoms with Crippen molar-refractivity contribution in [2.75, 3.05) is 5.75 Å². The van der Waals surface area contributed by atoms with Gasteiger partial charge in [-0.1, -0.05) is 6.92 Å². The molecular weight excluding hydrogens is 421 g/mol. The molecule has 0 bridgehead atoms. The molecule has 0 N–H and O–H groups in total. The molecule has 0 aliphatic heterocycles. The molecule has 5 nitrogen and oxygen atoms in total. The van der Waals surface area contributed by atoms with E-state index >= 15 is 0 Å². The fourth-order valence-corrected chi connectivity index (χ4v) is 3.67. The zero-order valence-corrected chi connectivity index (χ0v) is 15.5. The van der Waals surface area contributed by atoms with Gasteiger partial charge in [-0.05, 0) is 28.1 Å². The molecule has 0 spiro atoms. The average Bonchev–Trinajstić information content (AvgIpc) is 2.91. The second-order valence-electron chi connectivity index (χ2n) is 5.16. The van der Waals surface area contributed by atoms with E-state index in [1.165, 1.54) is 0 Å². The molecule has 0 fully saturated rings. The molecule has 0 aromatic carbocycles. The Balaban J connectivity index is 2.28. The van der Waals surface area contributed by atoms with Gasteiger partial charge < -0.3 is 4.57 Å². The van der Waals surface area contributed by atoms with E-state index < -0.39 is 22.5 Å². The van der Waals surface area contributed by atoms with Gasteiger partial charge in [-0.25, -0.2) is 9.97 Å². The lowest BCUT2D eigenvalue weighted by Gasteiger charge is -2.12. The molecule has 1 atom stereocenters. The molecule has 0 aliphatic rings. The average molecular weight is 433 g/mol. The number of alkyl halides is 3. The van der Waals surface area contributed by atoms with E-state index in [9.17, 15) is 17.4 Å². The lowest BCUT2D eigenvalue weighted by molar-refractivity contribution is -0.138. The molecular formula is C15H12BrF3N4OS. The molecule has 3 heterocycles. The van der Waals surface area contributed by atoms with Crippen molar-refractivity contribution in [3.8, 4) is 11.5 Å². The van der Waals surface area contributed by atoms with E-state index in [4.69, 9.17) is 0 Å². The summed E-state index contributed by atoms with van der Waals surface area (Å²) < 4.78 is 53.6. The van der Waals surface area contributed by atoms with Gasteiger partial charge in [-0.3, -0.25) is 9.19 Å². The molecule has 0 saturated heterocycles. The second-order valence-corrected chi connectivity index (χ2v) is 7.72. The minimum absolute atomic E-state index is 0.00635. The molecule has 132 valence electrons. The lowest BCUT2D eigenvalue weighted by Crippen LogP contribution is -2.10. The van der Waals surface area contributed by atoms with Crippen molar-refractivity contribution >= 4 is 37.9 Å². The highest BCUT2D eigenvalue weighted by Crippen LogP contribution is 2.34. The van der Waals surface area contributed by atoms with E-state index in [0.717, 1.165) is 12.3 Å². The highest BCUT2D eigenvalue weighted by atomic mass is 79.9. The van der Waals surface area contributed by atoms with Crippen LogP contribution in [0.3, 0.4) is 0 Å². The van der Waals surface area contributed by atoms with Gasteiger partial charge in [0.15, 0.2) is 11.5 Å². The largest absolute Gasteiger partial charge is 0.417 e. The Hall–Kier alpha value is -1.81. The van der Waals surface area contributed by atoms with Gasteiger partial charge in [0, 0.05) is 29.7 Å². The maximum absolute atomic E-state index is 13.0. The minimum atomic E-state index is -4.56. The predicted molar refractivity (Wildman–Crippen MR) is 91.4 cm³/mol. The smallest absolute Gasteiger partial charge is 0.310 e. The fourth-order valence-electron chi connectivity index (χ4n) is 2.36. The number of hydrogen-bond acceptors (Lipinski definition) is 4. The van der Waals surface area contributed by atoms with Crippen LogP contribution in [0.15, 0.2) is 33.9 Å². The van der Waals surface area contributed by atoms with E-state index in [0.29, 0.717) is 21.5 Å². The van der Waals surface area contributed by atoms with Crippen LogP contribution in [-0.4, -0.2) is 29.5 Å². The molecule has 3 aromatic rings. The highest BCUT2D eigenvalue weighted by molar-refractivity contribution is 9.10. The van der Waals surface area contributed by atoms with Gasteiger partial charge >= 0.3 is 6.18 Å². The zero-order chi connectivity index (χ0) is 18.4. The molecule has 0 aliphatic carbocycles. The number of rotatable bonds is 3. The van der Waals surface area contributed by atoms with Crippen molar-refractivity contribution < 1.29 is 17.4 Å². The number of aromatic nitrogens is 4. The van der Waals surface area contributed by atoms with E-state index in [-0.39, 0.29) is 16.3 Å². The summed E-state index contributed by atoms with van der Waals surface area (Å²) in [4.78, 5) is 12.6. The molecule has 3 aromatic heterocycles. The topological polar surface area (TPSA) is 60.7 Å². The SMILES string of the molecule is CCS(=O)c1cc(C(F)(F)F)cnc1-c1nc2c(Br)ccnc2n1C. The third-order valence-electron chi connectivity index (χ3n) is 3.61. The molecule has 1 unspecified atom stereocenters. The van der Waals surface area contributed by atoms with Crippen LogP contribution in [0.5, 0.6) is 0 Å². The third kappa shape index (κ3) is 3.20. The molecule has 0 amide bonds. The summed E-state index contributed by atoms with van der Waals surface area (Å²) in [6.07, 6.45) is -2.24. The Morgan fingerprint density at radius 1 is 1.32 bits per heavy atom. The standard InChI is InChI=1S/C15H12BrF3N4OS/c1-3-25(24)10-6-8(15(17,18)19)7-21-12(10)14-22-11-9(16)4-5-20-13(11)23(14)2/h4-7H,3H2,1-2H3. The van der Waals surface area contributed by atoms with Gasteiger partial charge in [-0.15, -0.1) is 0 Å². The molecule has 10 heteroatoms. The number of fused-ring (bicyclic) bond motifs is 1. The molecule has 0 saturated carbocycles. The lowest BCUT2D eigenvalue weighted by atomic mass is 10.2. The van der Waals surface area contributed by atoms with Crippen LogP contribution in [-0.2, 0) is 24.0 Å². The van der Waals surface area contributed by atoms with Crippen LogP contribution < -0.4 is 0 Å². The van der Waals surface area contributed by atoms with Crippen molar-refractivity contribution in [2.45, 2.75) is 18.0 Å². The van der Waals surface area contributed by atoms with Crippen LogP contribution in [0.4, 0.5) is 13.2 Å². The summed E-state index contributed by atoms with van der Waals surface area (Å²) in [5.74, 6) is 0.474. The monoisotopic (exact) mass is 432 g/mol. The van der Waals surface area contributed by atoms with Crippen molar-refractivity contribution in [2.24, 2.45) is 7.05 Å². The summed E-state index contributed by atoms with van der Waals surface area (Å²) >= 11 is 3.37. The number of halogens is 4. The van der Waals surface area contributed by atoms with E-state index in [2.05, 4.69) is 30.9 Å². The van der Waals surface area contributed by atoms with Crippen molar-refractivity contribution in [3.05, 3.63) is 34.6 Å². The fraction of sp³-hybridized carbons (Fsp3) is 0.267. The highest BCUT2D eigenvalue weighted by Gasteiger charge is 2.33. The first kappa shape index (κ1) is 18.0. The van der Waals surface area contributed by atoms with Gasteiger partial charge in [0.2, 0.25) is 0 Å². The quantitative estimate of drug-likeness (QED) is 0.628. The van der Waals surface area contributed by atoms with Gasteiger partial charge in [-0.2, -0.15) is 13.2 Å². The maximum atomic E-state index is 13.0. The Labute approximate surface area is 151 Å². The number of nitrogens with zero attached hydrogens (tertiary/aromatic N) is 4. The number of hydrogen-bond donors (Lipinski definition) is 0. The normalized spacial score (nSPS) is 13.4. The Kier molecular flexibility index (Phi) is 4.67.